The van der Waals surface area contributed by atoms with Crippen LogP contribution in [0.4, 0.5) is 5.82 Å². The number of rotatable bonds is 2. The predicted octanol–water partition coefficient (Wildman–Crippen LogP) is 1.76. The lowest BCUT2D eigenvalue weighted by molar-refractivity contribution is 0.615. The Morgan fingerprint density at radius 3 is 3.31 bits per heavy atom. The number of nitrogens with two attached hydrogens (primary N) is 1. The second-order valence-corrected chi connectivity index (χ2v) is 4.19. The normalized spacial score (nSPS) is 20.8. The summed E-state index contributed by atoms with van der Waals surface area (Å²) in [6.45, 7) is 1.73. The van der Waals surface area contributed by atoms with Crippen molar-refractivity contribution in [3.8, 4) is 0 Å². The summed E-state index contributed by atoms with van der Waals surface area (Å²) in [5, 5.41) is 1.09. The van der Waals surface area contributed by atoms with E-state index in [-0.39, 0.29) is 0 Å². The summed E-state index contributed by atoms with van der Waals surface area (Å²) < 4.78 is 5.39. The maximum atomic E-state index is 5.79. The zero-order chi connectivity index (χ0) is 11.0. The quantitative estimate of drug-likeness (QED) is 0.832. The van der Waals surface area contributed by atoms with Crippen LogP contribution in [0.3, 0.4) is 0 Å². The van der Waals surface area contributed by atoms with E-state index in [9.17, 15) is 0 Å². The molecular formula is C12H15N3O. The fraction of sp³-hybridized carbons (Fsp3) is 0.417. The Bertz CT molecular complexity index is 494. The zero-order valence-corrected chi connectivity index (χ0v) is 9.10. The van der Waals surface area contributed by atoms with Crippen molar-refractivity contribution in [2.75, 3.05) is 18.0 Å². The van der Waals surface area contributed by atoms with Crippen LogP contribution >= 0.6 is 0 Å². The van der Waals surface area contributed by atoms with E-state index in [1.54, 1.807) is 12.5 Å². The third-order valence-electron chi connectivity index (χ3n) is 3.28. The first kappa shape index (κ1) is 9.66. The highest BCUT2D eigenvalue weighted by atomic mass is 16.3. The number of pyridine rings is 1. The molecule has 1 aliphatic heterocycles. The molecule has 2 N–H and O–H groups in total. The molecule has 4 nitrogen and oxygen atoms in total. The fourth-order valence-electron chi connectivity index (χ4n) is 2.47. The highest BCUT2D eigenvalue weighted by Crippen LogP contribution is 2.30. The van der Waals surface area contributed by atoms with Crippen molar-refractivity contribution in [1.29, 1.82) is 0 Å². The minimum Gasteiger partial charge on any atom is -0.464 e. The first-order chi connectivity index (χ1) is 7.90. The minimum absolute atomic E-state index is 0.424. The van der Waals surface area contributed by atoms with E-state index in [1.165, 1.54) is 6.42 Å². The number of hydrogen-bond donors (Lipinski definition) is 1. The van der Waals surface area contributed by atoms with Crippen molar-refractivity contribution >= 4 is 16.8 Å². The standard InChI is InChI=1S/C12H15N3O/c13-8-9-2-1-6-15(9)12-10-4-7-16-11(10)3-5-14-12/h3-5,7,9H,1-2,6,8,13H2. The topological polar surface area (TPSA) is 55.3 Å². The summed E-state index contributed by atoms with van der Waals surface area (Å²) in [4.78, 5) is 6.77. The summed E-state index contributed by atoms with van der Waals surface area (Å²) in [5.41, 5.74) is 6.68. The molecule has 3 rings (SSSR count). The molecule has 1 unspecified atom stereocenters. The highest BCUT2D eigenvalue weighted by Gasteiger charge is 2.25. The molecule has 0 amide bonds. The van der Waals surface area contributed by atoms with E-state index in [2.05, 4.69) is 9.88 Å². The van der Waals surface area contributed by atoms with Crippen molar-refractivity contribution in [3.05, 3.63) is 24.6 Å². The molecule has 1 atom stereocenters. The smallest absolute Gasteiger partial charge is 0.139 e. The first-order valence-corrected chi connectivity index (χ1v) is 5.69. The molecule has 3 heterocycles. The van der Waals surface area contributed by atoms with Gasteiger partial charge in [0.25, 0.3) is 0 Å². The molecule has 0 aromatic carbocycles. The van der Waals surface area contributed by atoms with Gasteiger partial charge in [0, 0.05) is 25.3 Å². The predicted molar refractivity (Wildman–Crippen MR) is 63.4 cm³/mol. The van der Waals surface area contributed by atoms with E-state index in [4.69, 9.17) is 10.2 Å². The third kappa shape index (κ3) is 1.38. The molecule has 1 aliphatic rings. The Hall–Kier alpha value is -1.55. The molecule has 0 radical (unpaired) electrons. The molecule has 2 aromatic rings. The lowest BCUT2D eigenvalue weighted by atomic mass is 10.2. The molecule has 0 saturated carbocycles. The monoisotopic (exact) mass is 217 g/mol. The Kier molecular flexibility index (Phi) is 2.29. The van der Waals surface area contributed by atoms with Crippen LogP contribution in [0, 0.1) is 0 Å². The average Bonchev–Trinajstić information content (AvgIpc) is 2.96. The number of fused-ring (bicyclic) bond motifs is 1. The van der Waals surface area contributed by atoms with Gasteiger partial charge in [0.1, 0.15) is 11.4 Å². The molecule has 2 aromatic heterocycles. The minimum atomic E-state index is 0.424. The van der Waals surface area contributed by atoms with Crippen molar-refractivity contribution in [2.24, 2.45) is 5.73 Å². The summed E-state index contributed by atoms with van der Waals surface area (Å²) >= 11 is 0. The number of nitrogens with zero attached hydrogens (tertiary/aromatic N) is 2. The van der Waals surface area contributed by atoms with Gasteiger partial charge >= 0.3 is 0 Å². The number of anilines is 1. The summed E-state index contributed by atoms with van der Waals surface area (Å²) in [7, 11) is 0. The Labute approximate surface area is 94.0 Å². The molecule has 1 saturated heterocycles. The number of hydrogen-bond acceptors (Lipinski definition) is 4. The SMILES string of the molecule is NCC1CCCN1c1nccc2occc12. The van der Waals surface area contributed by atoms with Crippen LogP contribution in [0.25, 0.3) is 11.0 Å². The molecule has 16 heavy (non-hydrogen) atoms. The van der Waals surface area contributed by atoms with Gasteiger partial charge in [-0.15, -0.1) is 0 Å². The van der Waals surface area contributed by atoms with E-state index >= 15 is 0 Å². The lowest BCUT2D eigenvalue weighted by Gasteiger charge is -2.24. The Balaban J connectivity index is 2.07. The molecule has 84 valence electrons. The van der Waals surface area contributed by atoms with Gasteiger partial charge in [-0.25, -0.2) is 4.98 Å². The van der Waals surface area contributed by atoms with Crippen molar-refractivity contribution in [3.63, 3.8) is 0 Å². The summed E-state index contributed by atoms with van der Waals surface area (Å²) in [6.07, 6.45) is 5.86. The van der Waals surface area contributed by atoms with Crippen LogP contribution in [-0.4, -0.2) is 24.1 Å². The molecule has 0 aliphatic carbocycles. The second-order valence-electron chi connectivity index (χ2n) is 4.19. The van der Waals surface area contributed by atoms with E-state index in [0.717, 1.165) is 29.8 Å². The molecule has 0 bridgehead atoms. The van der Waals surface area contributed by atoms with Gasteiger partial charge in [0.15, 0.2) is 0 Å². The van der Waals surface area contributed by atoms with E-state index < -0.39 is 0 Å². The van der Waals surface area contributed by atoms with Gasteiger partial charge in [-0.2, -0.15) is 0 Å². The Morgan fingerprint density at radius 2 is 2.44 bits per heavy atom. The first-order valence-electron chi connectivity index (χ1n) is 5.69. The highest BCUT2D eigenvalue weighted by molar-refractivity contribution is 5.88. The summed E-state index contributed by atoms with van der Waals surface area (Å²) in [5.74, 6) is 1.01. The zero-order valence-electron chi connectivity index (χ0n) is 9.10. The lowest BCUT2D eigenvalue weighted by Crippen LogP contribution is -2.35. The van der Waals surface area contributed by atoms with Crippen LogP contribution in [0.2, 0.25) is 0 Å². The average molecular weight is 217 g/mol. The molecule has 0 spiro atoms. The van der Waals surface area contributed by atoms with Gasteiger partial charge in [0.2, 0.25) is 0 Å². The largest absolute Gasteiger partial charge is 0.464 e. The van der Waals surface area contributed by atoms with Crippen LogP contribution in [0.15, 0.2) is 29.0 Å². The van der Waals surface area contributed by atoms with Crippen molar-refractivity contribution < 1.29 is 4.42 Å². The van der Waals surface area contributed by atoms with Gasteiger partial charge in [-0.1, -0.05) is 0 Å². The third-order valence-corrected chi connectivity index (χ3v) is 3.28. The number of aromatic nitrogens is 1. The Morgan fingerprint density at radius 1 is 1.50 bits per heavy atom. The van der Waals surface area contributed by atoms with Gasteiger partial charge < -0.3 is 15.1 Å². The van der Waals surface area contributed by atoms with Crippen molar-refractivity contribution in [1.82, 2.24) is 4.98 Å². The molecular weight excluding hydrogens is 202 g/mol. The van der Waals surface area contributed by atoms with Gasteiger partial charge in [-0.05, 0) is 25.0 Å². The van der Waals surface area contributed by atoms with Crippen LogP contribution in [0.1, 0.15) is 12.8 Å². The van der Waals surface area contributed by atoms with Crippen LogP contribution in [0.5, 0.6) is 0 Å². The number of furan rings is 1. The van der Waals surface area contributed by atoms with E-state index in [1.807, 2.05) is 12.1 Å². The van der Waals surface area contributed by atoms with E-state index in [0.29, 0.717) is 12.6 Å². The molecule has 4 heteroatoms. The molecule has 1 fully saturated rings. The summed E-state index contributed by atoms with van der Waals surface area (Å²) in [6, 6.07) is 4.30. The maximum absolute atomic E-state index is 5.79. The fourth-order valence-corrected chi connectivity index (χ4v) is 2.47. The van der Waals surface area contributed by atoms with Gasteiger partial charge in [-0.3, -0.25) is 0 Å². The maximum Gasteiger partial charge on any atom is 0.139 e. The van der Waals surface area contributed by atoms with Crippen LogP contribution < -0.4 is 10.6 Å². The second kappa shape index (κ2) is 3.79. The van der Waals surface area contributed by atoms with Crippen LogP contribution in [-0.2, 0) is 0 Å². The van der Waals surface area contributed by atoms with Gasteiger partial charge in [0.05, 0.1) is 11.6 Å². The van der Waals surface area contributed by atoms with Crippen molar-refractivity contribution in [2.45, 2.75) is 18.9 Å².